The Morgan fingerprint density at radius 1 is 1.16 bits per heavy atom. The van der Waals surface area contributed by atoms with Gasteiger partial charge in [-0.15, -0.1) is 0 Å². The summed E-state index contributed by atoms with van der Waals surface area (Å²) in [5, 5.41) is 3.79. The van der Waals surface area contributed by atoms with Crippen molar-refractivity contribution < 1.29 is 0 Å². The van der Waals surface area contributed by atoms with E-state index in [-0.39, 0.29) is 5.54 Å². The molecule has 0 fully saturated rings. The Morgan fingerprint density at radius 3 is 2.89 bits per heavy atom. The Bertz CT molecular complexity index is 622. The van der Waals surface area contributed by atoms with E-state index in [1.807, 2.05) is 0 Å². The lowest BCUT2D eigenvalue weighted by molar-refractivity contribution is 0.270. The summed E-state index contributed by atoms with van der Waals surface area (Å²) < 4.78 is 0. The first kappa shape index (κ1) is 11.1. The van der Waals surface area contributed by atoms with E-state index in [4.69, 9.17) is 0 Å². The Labute approximate surface area is 114 Å². The number of nitrogens with one attached hydrogen (secondary N) is 1. The summed E-state index contributed by atoms with van der Waals surface area (Å²) in [7, 11) is 0. The third-order valence-corrected chi connectivity index (χ3v) is 5.29. The van der Waals surface area contributed by atoms with Crippen LogP contribution in [0.5, 0.6) is 0 Å². The minimum absolute atomic E-state index is 0.132. The second-order valence-corrected chi connectivity index (χ2v) is 6.20. The maximum Gasteiger partial charge on any atom is 0.0483 e. The minimum Gasteiger partial charge on any atom is -0.378 e. The van der Waals surface area contributed by atoms with Crippen molar-refractivity contribution in [2.24, 2.45) is 11.8 Å². The van der Waals surface area contributed by atoms with Gasteiger partial charge in [0, 0.05) is 23.1 Å². The number of benzene rings is 1. The van der Waals surface area contributed by atoms with Crippen molar-refractivity contribution in [3.8, 4) is 0 Å². The van der Waals surface area contributed by atoms with Crippen molar-refractivity contribution in [1.82, 2.24) is 0 Å². The Morgan fingerprint density at radius 2 is 2.00 bits per heavy atom. The van der Waals surface area contributed by atoms with E-state index in [0.717, 1.165) is 0 Å². The third-order valence-electron chi connectivity index (χ3n) is 5.29. The van der Waals surface area contributed by atoms with Crippen molar-refractivity contribution in [3.63, 3.8) is 0 Å². The highest BCUT2D eigenvalue weighted by molar-refractivity contribution is 5.65. The molecule has 0 aromatic heterocycles. The first-order chi connectivity index (χ1) is 9.20. The molecule has 0 amide bonds. The second kappa shape index (κ2) is 3.63. The van der Waals surface area contributed by atoms with Crippen LogP contribution in [-0.4, -0.2) is 5.54 Å². The van der Waals surface area contributed by atoms with Crippen LogP contribution in [0.25, 0.3) is 0 Å². The van der Waals surface area contributed by atoms with Crippen LogP contribution in [0.2, 0.25) is 0 Å². The van der Waals surface area contributed by atoms with Crippen LogP contribution in [0.3, 0.4) is 0 Å². The number of hydrogen-bond acceptors (Lipinski definition) is 1. The SMILES string of the molecule is CC1C2C=CC=CC2=CC2c3ccccc3NC21C. The summed E-state index contributed by atoms with van der Waals surface area (Å²) in [6.07, 6.45) is 11.4. The normalized spacial score (nSPS) is 38.0. The molecule has 4 rings (SSSR count). The molecule has 2 aliphatic carbocycles. The van der Waals surface area contributed by atoms with Gasteiger partial charge in [-0.3, -0.25) is 0 Å². The fourth-order valence-electron chi connectivity index (χ4n) is 3.99. The van der Waals surface area contributed by atoms with Gasteiger partial charge in [-0.25, -0.2) is 0 Å². The Balaban J connectivity index is 1.90. The molecule has 0 radical (unpaired) electrons. The van der Waals surface area contributed by atoms with E-state index in [1.165, 1.54) is 16.8 Å². The summed E-state index contributed by atoms with van der Waals surface area (Å²) in [5.41, 5.74) is 4.37. The lowest BCUT2D eigenvalue weighted by Crippen LogP contribution is -2.48. The summed E-state index contributed by atoms with van der Waals surface area (Å²) in [5.74, 6) is 1.63. The van der Waals surface area contributed by atoms with Crippen LogP contribution < -0.4 is 5.32 Å². The highest BCUT2D eigenvalue weighted by atomic mass is 15.0. The maximum absolute atomic E-state index is 3.79. The van der Waals surface area contributed by atoms with Gasteiger partial charge in [0.25, 0.3) is 0 Å². The average Bonchev–Trinajstić information content (AvgIpc) is 2.73. The number of fused-ring (bicyclic) bond motifs is 4. The van der Waals surface area contributed by atoms with E-state index in [2.05, 4.69) is 73.8 Å². The molecule has 1 heterocycles. The van der Waals surface area contributed by atoms with Crippen molar-refractivity contribution in [2.75, 3.05) is 5.32 Å². The molecule has 1 aliphatic heterocycles. The molecule has 1 nitrogen and oxygen atoms in total. The van der Waals surface area contributed by atoms with Gasteiger partial charge in [0.2, 0.25) is 0 Å². The van der Waals surface area contributed by atoms with Crippen LogP contribution in [0, 0.1) is 11.8 Å². The molecule has 1 aromatic carbocycles. The predicted molar refractivity (Wildman–Crippen MR) is 80.2 cm³/mol. The fraction of sp³-hybridized carbons (Fsp3) is 0.333. The zero-order chi connectivity index (χ0) is 13.0. The van der Waals surface area contributed by atoms with Crippen LogP contribution in [0.1, 0.15) is 25.3 Å². The lowest BCUT2D eigenvalue weighted by Gasteiger charge is -2.45. The molecule has 1 aromatic rings. The van der Waals surface area contributed by atoms with E-state index < -0.39 is 0 Å². The molecule has 0 saturated heterocycles. The standard InChI is InChI=1S/C18H19N/c1-12-14-8-4-3-7-13(14)11-16-15-9-5-6-10-17(15)19-18(12,16)2/h3-12,14,16,19H,1-2H3. The quantitative estimate of drug-likeness (QED) is 0.724. The molecular weight excluding hydrogens is 230 g/mol. The number of para-hydroxylation sites is 1. The van der Waals surface area contributed by atoms with Crippen LogP contribution in [0.4, 0.5) is 5.69 Å². The summed E-state index contributed by atoms with van der Waals surface area (Å²) in [4.78, 5) is 0. The van der Waals surface area contributed by atoms with E-state index in [0.29, 0.717) is 17.8 Å². The molecule has 0 spiro atoms. The van der Waals surface area contributed by atoms with Crippen LogP contribution in [0.15, 0.2) is 60.2 Å². The van der Waals surface area contributed by atoms with Gasteiger partial charge in [0.1, 0.15) is 0 Å². The highest BCUT2D eigenvalue weighted by Crippen LogP contribution is 2.54. The maximum atomic E-state index is 3.79. The van der Waals surface area contributed by atoms with Crippen LogP contribution >= 0.6 is 0 Å². The summed E-state index contributed by atoms with van der Waals surface area (Å²) >= 11 is 0. The van der Waals surface area contributed by atoms with E-state index in [9.17, 15) is 0 Å². The molecule has 96 valence electrons. The topological polar surface area (TPSA) is 12.0 Å². The van der Waals surface area contributed by atoms with Crippen LogP contribution in [-0.2, 0) is 0 Å². The molecule has 4 atom stereocenters. The molecule has 1 heteroatoms. The van der Waals surface area contributed by atoms with Gasteiger partial charge in [-0.05, 0) is 30.0 Å². The molecule has 0 saturated carbocycles. The van der Waals surface area contributed by atoms with E-state index >= 15 is 0 Å². The van der Waals surface area contributed by atoms with Gasteiger partial charge in [-0.2, -0.15) is 0 Å². The van der Waals surface area contributed by atoms with Gasteiger partial charge < -0.3 is 5.32 Å². The predicted octanol–water partition coefficient (Wildman–Crippen LogP) is 4.27. The summed E-state index contributed by atoms with van der Waals surface area (Å²) in [6.45, 7) is 4.76. The first-order valence-electron chi connectivity index (χ1n) is 7.14. The average molecular weight is 249 g/mol. The summed E-state index contributed by atoms with van der Waals surface area (Å²) in [6, 6.07) is 8.75. The molecule has 4 unspecified atom stereocenters. The molecule has 0 bridgehead atoms. The largest absolute Gasteiger partial charge is 0.378 e. The van der Waals surface area contributed by atoms with Gasteiger partial charge in [0.05, 0.1) is 0 Å². The molecule has 3 aliphatic rings. The Kier molecular flexibility index (Phi) is 2.12. The fourth-order valence-corrected chi connectivity index (χ4v) is 3.99. The minimum atomic E-state index is 0.132. The molecule has 19 heavy (non-hydrogen) atoms. The number of rotatable bonds is 0. The van der Waals surface area contributed by atoms with Gasteiger partial charge >= 0.3 is 0 Å². The lowest BCUT2D eigenvalue weighted by atomic mass is 9.63. The molecule has 1 N–H and O–H groups in total. The molecular formula is C18H19N. The van der Waals surface area contributed by atoms with Gasteiger partial charge in [0.15, 0.2) is 0 Å². The van der Waals surface area contributed by atoms with Crippen molar-refractivity contribution >= 4 is 5.69 Å². The second-order valence-electron chi connectivity index (χ2n) is 6.20. The number of anilines is 1. The third kappa shape index (κ3) is 1.36. The zero-order valence-electron chi connectivity index (χ0n) is 11.4. The monoisotopic (exact) mass is 249 g/mol. The highest BCUT2D eigenvalue weighted by Gasteiger charge is 2.50. The van der Waals surface area contributed by atoms with Crippen molar-refractivity contribution in [1.29, 1.82) is 0 Å². The van der Waals surface area contributed by atoms with Crippen molar-refractivity contribution in [2.45, 2.75) is 25.3 Å². The Hall–Kier alpha value is -1.76. The first-order valence-corrected chi connectivity index (χ1v) is 7.14. The van der Waals surface area contributed by atoms with Crippen molar-refractivity contribution in [3.05, 3.63) is 65.8 Å². The number of hydrogen-bond donors (Lipinski definition) is 1. The van der Waals surface area contributed by atoms with Gasteiger partial charge in [-0.1, -0.05) is 55.5 Å². The van der Waals surface area contributed by atoms with E-state index in [1.54, 1.807) is 0 Å². The smallest absolute Gasteiger partial charge is 0.0483 e. The zero-order valence-corrected chi connectivity index (χ0v) is 11.4. The number of allylic oxidation sites excluding steroid dienone is 5.